The molecular weight excluding hydrogens is 174 g/mol. The third-order valence-electron chi connectivity index (χ3n) is 3.55. The molecule has 2 unspecified atom stereocenters. The smallest absolute Gasteiger partial charge is 0.226 e. The van der Waals surface area contributed by atoms with Crippen molar-refractivity contribution in [1.82, 2.24) is 4.90 Å². The van der Waals surface area contributed by atoms with Crippen LogP contribution in [0.2, 0.25) is 0 Å². The molecule has 0 aromatic rings. The molecule has 0 spiro atoms. The Morgan fingerprint density at radius 3 is 2.21 bits per heavy atom. The van der Waals surface area contributed by atoms with Gasteiger partial charge in [-0.05, 0) is 30.9 Å². The van der Waals surface area contributed by atoms with Crippen molar-refractivity contribution in [3.05, 3.63) is 12.8 Å². The van der Waals surface area contributed by atoms with Crippen molar-refractivity contribution in [3.63, 3.8) is 0 Å². The monoisotopic (exact) mass is 193 g/mol. The lowest BCUT2D eigenvalue weighted by Crippen LogP contribution is -2.16. The van der Waals surface area contributed by atoms with Crippen molar-refractivity contribution in [2.45, 2.75) is 38.5 Å². The normalized spacial score (nSPS) is 33.4. The Morgan fingerprint density at radius 2 is 2.00 bits per heavy atom. The van der Waals surface area contributed by atoms with Gasteiger partial charge in [-0.25, -0.2) is 0 Å². The lowest BCUT2D eigenvalue weighted by Gasteiger charge is -2.05. The highest BCUT2D eigenvalue weighted by atomic mass is 16.2. The van der Waals surface area contributed by atoms with Gasteiger partial charge < -0.3 is 4.90 Å². The summed E-state index contributed by atoms with van der Waals surface area (Å²) in [4.78, 5) is 12.3. The summed E-state index contributed by atoms with van der Waals surface area (Å²) in [5.74, 6) is 2.63. The molecular formula is C12H19NO. The van der Waals surface area contributed by atoms with Crippen LogP contribution >= 0.6 is 0 Å². The minimum Gasteiger partial charge on any atom is -0.320 e. The SMILES string of the molecule is C1CC2CC2C1.C=CN1CCCC1=O. The van der Waals surface area contributed by atoms with Gasteiger partial charge in [0.25, 0.3) is 0 Å². The van der Waals surface area contributed by atoms with E-state index in [0.29, 0.717) is 6.42 Å². The average molecular weight is 193 g/mol. The van der Waals surface area contributed by atoms with Gasteiger partial charge in [0.05, 0.1) is 0 Å². The van der Waals surface area contributed by atoms with Crippen molar-refractivity contribution in [2.75, 3.05) is 6.54 Å². The molecule has 0 N–H and O–H groups in total. The van der Waals surface area contributed by atoms with E-state index < -0.39 is 0 Å². The second kappa shape index (κ2) is 4.16. The molecule has 0 aromatic carbocycles. The van der Waals surface area contributed by atoms with E-state index in [1.54, 1.807) is 30.4 Å². The third kappa shape index (κ3) is 2.17. The van der Waals surface area contributed by atoms with Crippen LogP contribution in [0.25, 0.3) is 0 Å². The zero-order valence-electron chi connectivity index (χ0n) is 8.74. The minimum atomic E-state index is 0.208. The first-order chi connectivity index (χ1) is 6.81. The van der Waals surface area contributed by atoms with E-state index >= 15 is 0 Å². The molecule has 0 bridgehead atoms. The highest BCUT2D eigenvalue weighted by Gasteiger charge is 2.40. The zero-order chi connectivity index (χ0) is 9.97. The van der Waals surface area contributed by atoms with E-state index in [1.165, 1.54) is 18.3 Å². The molecule has 2 heteroatoms. The number of nitrogens with zero attached hydrogens (tertiary/aromatic N) is 1. The van der Waals surface area contributed by atoms with Crippen LogP contribution in [0.15, 0.2) is 12.8 Å². The number of fused-ring (bicyclic) bond motifs is 1. The topological polar surface area (TPSA) is 20.3 Å². The number of hydrogen-bond acceptors (Lipinski definition) is 1. The van der Waals surface area contributed by atoms with Gasteiger partial charge in [0, 0.05) is 13.0 Å². The Balaban J connectivity index is 0.000000110. The summed E-state index contributed by atoms with van der Waals surface area (Å²) >= 11 is 0. The molecule has 2 saturated carbocycles. The predicted molar refractivity (Wildman–Crippen MR) is 56.6 cm³/mol. The van der Waals surface area contributed by atoms with Crippen molar-refractivity contribution < 1.29 is 4.79 Å². The molecule has 2 atom stereocenters. The molecule has 78 valence electrons. The van der Waals surface area contributed by atoms with E-state index in [-0.39, 0.29) is 5.91 Å². The summed E-state index contributed by atoms with van der Waals surface area (Å²) < 4.78 is 0. The Labute approximate surface area is 86.0 Å². The molecule has 2 aliphatic carbocycles. The maximum atomic E-state index is 10.7. The standard InChI is InChI=1S/C6H9NO.C6H10/c1-2-7-5-3-4-6(7)8;1-2-5-4-6(5)3-1/h2H,1,3-5H2;5-6H,1-4H2. The van der Waals surface area contributed by atoms with E-state index in [2.05, 4.69) is 6.58 Å². The second-order valence-corrected chi connectivity index (χ2v) is 4.56. The van der Waals surface area contributed by atoms with Crippen molar-refractivity contribution in [3.8, 4) is 0 Å². The van der Waals surface area contributed by atoms with Gasteiger partial charge in [0.1, 0.15) is 0 Å². The average Bonchev–Trinajstić information content (AvgIpc) is 2.64. The Hall–Kier alpha value is -0.790. The summed E-state index contributed by atoms with van der Waals surface area (Å²) in [5, 5.41) is 0. The molecule has 1 heterocycles. The largest absolute Gasteiger partial charge is 0.320 e. The van der Waals surface area contributed by atoms with Crippen molar-refractivity contribution in [1.29, 1.82) is 0 Å². The molecule has 0 aromatic heterocycles. The summed E-state index contributed by atoms with van der Waals surface area (Å²) in [6.45, 7) is 4.36. The summed E-state index contributed by atoms with van der Waals surface area (Å²) in [7, 11) is 0. The van der Waals surface area contributed by atoms with Gasteiger partial charge >= 0.3 is 0 Å². The molecule has 1 aliphatic heterocycles. The van der Waals surface area contributed by atoms with Gasteiger partial charge in [-0.2, -0.15) is 0 Å². The Morgan fingerprint density at radius 1 is 1.29 bits per heavy atom. The van der Waals surface area contributed by atoms with Crippen LogP contribution in [0.4, 0.5) is 0 Å². The number of likely N-dealkylation sites (tertiary alicyclic amines) is 1. The maximum absolute atomic E-state index is 10.7. The lowest BCUT2D eigenvalue weighted by molar-refractivity contribution is -0.125. The van der Waals surface area contributed by atoms with E-state index in [0.717, 1.165) is 13.0 Å². The number of hydrogen-bond donors (Lipinski definition) is 0. The van der Waals surface area contributed by atoms with Crippen LogP contribution in [0.5, 0.6) is 0 Å². The lowest BCUT2D eigenvalue weighted by atomic mass is 10.3. The number of carbonyl (C=O) groups is 1. The zero-order valence-corrected chi connectivity index (χ0v) is 8.74. The maximum Gasteiger partial charge on any atom is 0.226 e. The van der Waals surface area contributed by atoms with E-state index in [4.69, 9.17) is 0 Å². The third-order valence-corrected chi connectivity index (χ3v) is 3.55. The molecule has 1 amide bonds. The van der Waals surface area contributed by atoms with Crippen LogP contribution < -0.4 is 0 Å². The summed E-state index contributed by atoms with van der Waals surface area (Å²) in [5.41, 5.74) is 0. The molecule has 1 saturated heterocycles. The second-order valence-electron chi connectivity index (χ2n) is 4.56. The van der Waals surface area contributed by atoms with Crippen LogP contribution in [-0.2, 0) is 4.79 Å². The van der Waals surface area contributed by atoms with Crippen LogP contribution in [-0.4, -0.2) is 17.4 Å². The quantitative estimate of drug-likeness (QED) is 0.626. The van der Waals surface area contributed by atoms with Gasteiger partial charge in [-0.15, -0.1) is 0 Å². The van der Waals surface area contributed by atoms with Gasteiger partial charge in [0.15, 0.2) is 0 Å². The fourth-order valence-electron chi connectivity index (χ4n) is 2.52. The molecule has 3 rings (SSSR count). The van der Waals surface area contributed by atoms with Gasteiger partial charge in [-0.1, -0.05) is 25.8 Å². The van der Waals surface area contributed by atoms with Crippen LogP contribution in [0.3, 0.4) is 0 Å². The molecule has 14 heavy (non-hydrogen) atoms. The fraction of sp³-hybridized carbons (Fsp3) is 0.750. The highest BCUT2D eigenvalue weighted by Crippen LogP contribution is 2.51. The van der Waals surface area contributed by atoms with Gasteiger partial charge in [-0.3, -0.25) is 4.79 Å². The summed E-state index contributed by atoms with van der Waals surface area (Å²) in [6.07, 6.45) is 9.52. The van der Waals surface area contributed by atoms with E-state index in [1.807, 2.05) is 0 Å². The number of amides is 1. The molecule has 3 aliphatic rings. The van der Waals surface area contributed by atoms with Crippen molar-refractivity contribution in [2.24, 2.45) is 11.8 Å². The number of carbonyl (C=O) groups excluding carboxylic acids is 1. The molecule has 0 radical (unpaired) electrons. The first-order valence-electron chi connectivity index (χ1n) is 5.73. The van der Waals surface area contributed by atoms with Gasteiger partial charge in [0.2, 0.25) is 5.91 Å². The van der Waals surface area contributed by atoms with Crippen LogP contribution in [0.1, 0.15) is 38.5 Å². The number of rotatable bonds is 1. The first-order valence-corrected chi connectivity index (χ1v) is 5.73. The Kier molecular flexibility index (Phi) is 2.90. The van der Waals surface area contributed by atoms with Crippen molar-refractivity contribution >= 4 is 5.91 Å². The fourth-order valence-corrected chi connectivity index (χ4v) is 2.52. The Bertz CT molecular complexity index is 228. The molecule has 2 nitrogen and oxygen atoms in total. The first kappa shape index (κ1) is 9.75. The molecule has 3 fully saturated rings. The highest BCUT2D eigenvalue weighted by molar-refractivity contribution is 5.78. The minimum absolute atomic E-state index is 0.208. The predicted octanol–water partition coefficient (Wildman–Crippen LogP) is 2.56. The van der Waals surface area contributed by atoms with E-state index in [9.17, 15) is 4.79 Å². The van der Waals surface area contributed by atoms with Crippen LogP contribution in [0, 0.1) is 11.8 Å². The summed E-state index contributed by atoms with van der Waals surface area (Å²) in [6, 6.07) is 0.